The number of nitrogens with zero attached hydrogens (tertiary/aromatic N) is 3. The summed E-state index contributed by atoms with van der Waals surface area (Å²) in [6.45, 7) is 4.55. The Labute approximate surface area is 195 Å². The number of hydrogen-bond donors (Lipinski definition) is 0. The van der Waals surface area contributed by atoms with Gasteiger partial charge in [-0.25, -0.2) is 12.8 Å². The minimum absolute atomic E-state index is 0.0375. The summed E-state index contributed by atoms with van der Waals surface area (Å²) in [5.41, 5.74) is 2.05. The van der Waals surface area contributed by atoms with Crippen LogP contribution in [-0.4, -0.2) is 56.3 Å². The topological polar surface area (TPSA) is 60.9 Å². The standard InChI is InChI=1S/C25H30FN3O3S/c1-19(30)27-11-13-28(14-12-27)23-8-7-20(15-22(23)26)17-29-18-25(9-10-25)16-24(33(29,31)32)21-5-3-2-4-6-21/h2-8,15,24H,9-14,16-18H2,1H3. The Morgan fingerprint density at radius 2 is 1.76 bits per heavy atom. The number of hydrogen-bond acceptors (Lipinski definition) is 4. The fourth-order valence-corrected chi connectivity index (χ4v) is 7.43. The van der Waals surface area contributed by atoms with Gasteiger partial charge in [-0.15, -0.1) is 0 Å². The van der Waals surface area contributed by atoms with E-state index in [0.29, 0.717) is 50.4 Å². The third kappa shape index (κ3) is 4.38. The van der Waals surface area contributed by atoms with Crippen molar-refractivity contribution in [2.75, 3.05) is 37.6 Å². The molecule has 6 nitrogen and oxygen atoms in total. The molecule has 2 heterocycles. The summed E-state index contributed by atoms with van der Waals surface area (Å²) in [4.78, 5) is 15.2. The summed E-state index contributed by atoms with van der Waals surface area (Å²) >= 11 is 0. The number of amides is 1. The van der Waals surface area contributed by atoms with E-state index in [1.165, 1.54) is 6.07 Å². The van der Waals surface area contributed by atoms with Crippen LogP contribution in [0.3, 0.4) is 0 Å². The molecule has 1 atom stereocenters. The molecule has 3 aliphatic rings. The van der Waals surface area contributed by atoms with Gasteiger partial charge in [-0.3, -0.25) is 4.79 Å². The van der Waals surface area contributed by atoms with Crippen LogP contribution in [0.2, 0.25) is 0 Å². The molecule has 0 aromatic heterocycles. The van der Waals surface area contributed by atoms with Gasteiger partial charge in [0.05, 0.1) is 5.69 Å². The number of anilines is 1. The van der Waals surface area contributed by atoms with E-state index in [2.05, 4.69) is 0 Å². The van der Waals surface area contributed by atoms with Gasteiger partial charge in [0.1, 0.15) is 11.1 Å². The first-order valence-electron chi connectivity index (χ1n) is 11.6. The SMILES string of the molecule is CC(=O)N1CCN(c2ccc(CN3CC4(CC4)CC(c4ccccc4)S3(=O)=O)cc2F)CC1. The van der Waals surface area contributed by atoms with Crippen molar-refractivity contribution in [2.45, 2.75) is 38.0 Å². The summed E-state index contributed by atoms with van der Waals surface area (Å²) < 4.78 is 43.6. The Kier molecular flexibility index (Phi) is 5.69. The van der Waals surface area contributed by atoms with Gasteiger partial charge in [-0.1, -0.05) is 36.4 Å². The van der Waals surface area contributed by atoms with E-state index in [-0.39, 0.29) is 23.7 Å². The van der Waals surface area contributed by atoms with Gasteiger partial charge in [-0.2, -0.15) is 4.31 Å². The summed E-state index contributed by atoms with van der Waals surface area (Å²) in [7, 11) is -3.54. The van der Waals surface area contributed by atoms with Crippen molar-refractivity contribution in [2.24, 2.45) is 5.41 Å². The van der Waals surface area contributed by atoms with Crippen molar-refractivity contribution in [3.8, 4) is 0 Å². The van der Waals surface area contributed by atoms with E-state index in [1.807, 2.05) is 41.3 Å². The van der Waals surface area contributed by atoms with Crippen LogP contribution < -0.4 is 4.90 Å². The maximum atomic E-state index is 15.1. The van der Waals surface area contributed by atoms with Gasteiger partial charge in [0, 0.05) is 46.2 Å². The average Bonchev–Trinajstić information content (AvgIpc) is 3.56. The zero-order valence-corrected chi connectivity index (χ0v) is 19.7. The van der Waals surface area contributed by atoms with Crippen LogP contribution >= 0.6 is 0 Å². The molecule has 3 fully saturated rings. The second-order valence-electron chi connectivity index (χ2n) is 9.70. The molecule has 176 valence electrons. The fourth-order valence-electron chi connectivity index (χ4n) is 5.22. The van der Waals surface area contributed by atoms with Crippen molar-refractivity contribution in [1.29, 1.82) is 0 Å². The molecule has 2 aromatic carbocycles. The number of halogens is 1. The minimum Gasteiger partial charge on any atom is -0.366 e. The molecule has 0 radical (unpaired) electrons. The Morgan fingerprint density at radius 3 is 2.36 bits per heavy atom. The van der Waals surface area contributed by atoms with E-state index in [1.54, 1.807) is 22.2 Å². The van der Waals surface area contributed by atoms with Crippen LogP contribution in [0.5, 0.6) is 0 Å². The normalized spacial score (nSPS) is 24.1. The molecule has 5 rings (SSSR count). The third-order valence-electron chi connectivity index (χ3n) is 7.41. The predicted octanol–water partition coefficient (Wildman–Crippen LogP) is 3.55. The Hall–Kier alpha value is -2.45. The van der Waals surface area contributed by atoms with Gasteiger partial charge in [0.2, 0.25) is 15.9 Å². The largest absolute Gasteiger partial charge is 0.366 e. The zero-order chi connectivity index (χ0) is 23.2. The van der Waals surface area contributed by atoms with Crippen LogP contribution in [0.4, 0.5) is 10.1 Å². The average molecular weight is 472 g/mol. The molecule has 2 aliphatic heterocycles. The van der Waals surface area contributed by atoms with E-state index >= 15 is 4.39 Å². The van der Waals surface area contributed by atoms with Crippen LogP contribution in [0.15, 0.2) is 48.5 Å². The lowest BCUT2D eigenvalue weighted by atomic mass is 9.95. The third-order valence-corrected chi connectivity index (χ3v) is 9.55. The summed E-state index contributed by atoms with van der Waals surface area (Å²) in [5, 5.41) is -0.545. The lowest BCUT2D eigenvalue weighted by Crippen LogP contribution is -2.48. The lowest BCUT2D eigenvalue weighted by Gasteiger charge is -2.38. The van der Waals surface area contributed by atoms with Crippen molar-refractivity contribution in [1.82, 2.24) is 9.21 Å². The number of rotatable bonds is 4. The smallest absolute Gasteiger partial charge is 0.221 e. The first kappa shape index (κ1) is 22.3. The molecule has 2 saturated heterocycles. The Bertz CT molecular complexity index is 1140. The zero-order valence-electron chi connectivity index (χ0n) is 18.9. The van der Waals surface area contributed by atoms with Crippen molar-refractivity contribution in [3.63, 3.8) is 0 Å². The summed E-state index contributed by atoms with van der Waals surface area (Å²) in [6, 6.07) is 14.5. The van der Waals surface area contributed by atoms with Gasteiger partial charge < -0.3 is 9.80 Å². The number of piperazine rings is 1. The second-order valence-corrected chi connectivity index (χ2v) is 11.8. The first-order valence-corrected chi connectivity index (χ1v) is 13.1. The van der Waals surface area contributed by atoms with Gasteiger partial charge >= 0.3 is 0 Å². The highest BCUT2D eigenvalue weighted by Crippen LogP contribution is 2.57. The Morgan fingerprint density at radius 1 is 1.06 bits per heavy atom. The molecule has 2 aromatic rings. The number of carbonyl (C=O) groups is 1. The van der Waals surface area contributed by atoms with E-state index in [9.17, 15) is 13.2 Å². The number of benzene rings is 2. The van der Waals surface area contributed by atoms with Crippen LogP contribution in [-0.2, 0) is 21.4 Å². The molecular weight excluding hydrogens is 441 g/mol. The first-order chi connectivity index (χ1) is 15.8. The molecule has 8 heteroatoms. The molecule has 1 saturated carbocycles. The van der Waals surface area contributed by atoms with Crippen molar-refractivity contribution in [3.05, 3.63) is 65.5 Å². The van der Waals surface area contributed by atoms with Crippen molar-refractivity contribution < 1.29 is 17.6 Å². The second kappa shape index (κ2) is 8.40. The minimum atomic E-state index is -3.54. The Balaban J connectivity index is 1.34. The highest BCUT2D eigenvalue weighted by atomic mass is 32.2. The number of sulfonamides is 1. The van der Waals surface area contributed by atoms with E-state index in [4.69, 9.17) is 0 Å². The van der Waals surface area contributed by atoms with Crippen LogP contribution in [0, 0.1) is 11.2 Å². The lowest BCUT2D eigenvalue weighted by molar-refractivity contribution is -0.129. The molecule has 1 amide bonds. The predicted molar refractivity (Wildman–Crippen MR) is 126 cm³/mol. The molecule has 0 bridgehead atoms. The quantitative estimate of drug-likeness (QED) is 0.684. The van der Waals surface area contributed by atoms with Gasteiger partial charge in [0.25, 0.3) is 0 Å². The molecule has 1 unspecified atom stereocenters. The van der Waals surface area contributed by atoms with Gasteiger partial charge in [-0.05, 0) is 47.9 Å². The highest BCUT2D eigenvalue weighted by Gasteiger charge is 2.54. The molecule has 1 aliphatic carbocycles. The van der Waals surface area contributed by atoms with Gasteiger partial charge in [0.15, 0.2) is 0 Å². The van der Waals surface area contributed by atoms with E-state index in [0.717, 1.165) is 18.4 Å². The number of carbonyl (C=O) groups excluding carboxylic acids is 1. The maximum absolute atomic E-state index is 15.1. The van der Waals surface area contributed by atoms with Crippen LogP contribution in [0.25, 0.3) is 0 Å². The highest BCUT2D eigenvalue weighted by molar-refractivity contribution is 7.89. The molecule has 0 N–H and O–H groups in total. The van der Waals surface area contributed by atoms with Crippen molar-refractivity contribution >= 4 is 21.6 Å². The summed E-state index contributed by atoms with van der Waals surface area (Å²) in [5.74, 6) is -0.311. The molecular formula is C25H30FN3O3S. The van der Waals surface area contributed by atoms with E-state index < -0.39 is 15.3 Å². The molecule has 1 spiro atoms. The monoisotopic (exact) mass is 471 g/mol. The maximum Gasteiger partial charge on any atom is 0.221 e. The fraction of sp³-hybridized carbons (Fsp3) is 0.480. The van der Waals surface area contributed by atoms with Crippen LogP contribution in [0.1, 0.15) is 42.6 Å². The molecule has 33 heavy (non-hydrogen) atoms. The summed E-state index contributed by atoms with van der Waals surface area (Å²) in [6.07, 6.45) is 2.75.